The molecule has 21 heavy (non-hydrogen) atoms. The van der Waals surface area contributed by atoms with Crippen LogP contribution < -0.4 is 5.32 Å². The number of alkyl halides is 3. The summed E-state index contributed by atoms with van der Waals surface area (Å²) in [6.45, 7) is 1.53. The lowest BCUT2D eigenvalue weighted by atomic mass is 9.91. The van der Waals surface area contributed by atoms with Gasteiger partial charge in [-0.15, -0.1) is 0 Å². The van der Waals surface area contributed by atoms with Crippen molar-refractivity contribution in [3.63, 3.8) is 0 Å². The number of nitrogens with one attached hydrogen (secondary N) is 1. The highest BCUT2D eigenvalue weighted by molar-refractivity contribution is 5.74. The fourth-order valence-corrected chi connectivity index (χ4v) is 2.14. The molecule has 1 aliphatic heterocycles. The van der Waals surface area contributed by atoms with Gasteiger partial charge in [0.25, 0.3) is 0 Å². The van der Waals surface area contributed by atoms with Crippen LogP contribution in [-0.2, 0) is 6.54 Å². The van der Waals surface area contributed by atoms with Gasteiger partial charge in [0.05, 0.1) is 12.2 Å². The second-order valence-corrected chi connectivity index (χ2v) is 5.11. The van der Waals surface area contributed by atoms with Gasteiger partial charge in [-0.05, 0) is 6.92 Å². The number of aliphatic hydroxyl groups is 1. The third-order valence-electron chi connectivity index (χ3n) is 3.50. The standard InChI is InChI=1S/C12H16F3N3O3/c1-8-6-9(21-17-8)7-16-10(19)18-4-2-11(20,3-5-18)12(13,14)15/h6,20H,2-5,7H2,1H3,(H,16,19). The Labute approximate surface area is 118 Å². The van der Waals surface area contributed by atoms with E-state index in [0.29, 0.717) is 11.5 Å². The van der Waals surface area contributed by atoms with E-state index in [0.717, 1.165) is 0 Å². The van der Waals surface area contributed by atoms with Crippen molar-refractivity contribution in [3.8, 4) is 0 Å². The number of hydrogen-bond acceptors (Lipinski definition) is 4. The number of urea groups is 1. The Morgan fingerprint density at radius 2 is 2.14 bits per heavy atom. The van der Waals surface area contributed by atoms with Crippen molar-refractivity contribution in [1.29, 1.82) is 0 Å². The highest BCUT2D eigenvalue weighted by Gasteiger charge is 2.54. The molecule has 1 fully saturated rings. The van der Waals surface area contributed by atoms with Crippen LogP contribution in [0.25, 0.3) is 0 Å². The van der Waals surface area contributed by atoms with Gasteiger partial charge in [0.1, 0.15) is 0 Å². The van der Waals surface area contributed by atoms with Crippen molar-refractivity contribution in [2.45, 2.75) is 38.1 Å². The van der Waals surface area contributed by atoms with Crippen molar-refractivity contribution in [3.05, 3.63) is 17.5 Å². The van der Waals surface area contributed by atoms with Gasteiger partial charge >= 0.3 is 12.2 Å². The van der Waals surface area contributed by atoms with Gasteiger partial charge in [-0.25, -0.2) is 4.79 Å². The molecule has 0 aromatic carbocycles. The summed E-state index contributed by atoms with van der Waals surface area (Å²) in [5.74, 6) is 0.463. The maximum atomic E-state index is 12.6. The lowest BCUT2D eigenvalue weighted by Gasteiger charge is -2.38. The van der Waals surface area contributed by atoms with E-state index in [2.05, 4.69) is 10.5 Å². The largest absolute Gasteiger partial charge is 0.417 e. The van der Waals surface area contributed by atoms with Gasteiger partial charge in [-0.1, -0.05) is 5.16 Å². The zero-order valence-corrected chi connectivity index (χ0v) is 11.4. The van der Waals surface area contributed by atoms with Crippen molar-refractivity contribution in [2.24, 2.45) is 0 Å². The smallest absolute Gasteiger partial charge is 0.380 e. The zero-order valence-electron chi connectivity index (χ0n) is 11.4. The van der Waals surface area contributed by atoms with Gasteiger partial charge in [0.15, 0.2) is 11.4 Å². The molecule has 0 spiro atoms. The highest BCUT2D eigenvalue weighted by atomic mass is 19.4. The molecule has 2 rings (SSSR count). The Kier molecular flexibility index (Phi) is 4.13. The fraction of sp³-hybridized carbons (Fsp3) is 0.667. The third kappa shape index (κ3) is 3.46. The number of aromatic nitrogens is 1. The maximum Gasteiger partial charge on any atom is 0.417 e. The van der Waals surface area contributed by atoms with Crippen LogP contribution >= 0.6 is 0 Å². The predicted octanol–water partition coefficient (Wildman–Crippen LogP) is 1.58. The molecule has 0 unspecified atom stereocenters. The van der Waals surface area contributed by atoms with Gasteiger partial charge in [-0.2, -0.15) is 13.2 Å². The molecule has 1 aliphatic rings. The lowest BCUT2D eigenvalue weighted by molar-refractivity contribution is -0.271. The van der Waals surface area contributed by atoms with Gasteiger partial charge < -0.3 is 19.8 Å². The first-order valence-corrected chi connectivity index (χ1v) is 6.45. The Balaban J connectivity index is 1.83. The molecular weight excluding hydrogens is 291 g/mol. The zero-order chi connectivity index (χ0) is 15.7. The molecule has 1 aromatic rings. The minimum atomic E-state index is -4.67. The van der Waals surface area contributed by atoms with Gasteiger partial charge in [0.2, 0.25) is 0 Å². The Morgan fingerprint density at radius 1 is 1.52 bits per heavy atom. The molecule has 0 aliphatic carbocycles. The molecule has 1 aromatic heterocycles. The number of carbonyl (C=O) groups is 1. The first kappa shape index (κ1) is 15.6. The molecule has 0 bridgehead atoms. The second kappa shape index (κ2) is 5.55. The predicted molar refractivity (Wildman–Crippen MR) is 65.3 cm³/mol. The first-order chi connectivity index (χ1) is 9.71. The van der Waals surface area contributed by atoms with Crippen LogP contribution in [0.5, 0.6) is 0 Å². The summed E-state index contributed by atoms with van der Waals surface area (Å²) in [4.78, 5) is 13.1. The molecular formula is C12H16F3N3O3. The number of hydrogen-bond donors (Lipinski definition) is 2. The second-order valence-electron chi connectivity index (χ2n) is 5.11. The van der Waals surface area contributed by atoms with E-state index >= 15 is 0 Å². The first-order valence-electron chi connectivity index (χ1n) is 6.45. The minimum absolute atomic E-state index is 0.111. The van der Waals surface area contributed by atoms with Crippen LogP contribution in [0.3, 0.4) is 0 Å². The van der Waals surface area contributed by atoms with Crippen LogP contribution in [0.2, 0.25) is 0 Å². The van der Waals surface area contributed by atoms with E-state index in [-0.39, 0.29) is 19.6 Å². The normalized spacial score (nSPS) is 18.6. The third-order valence-corrected chi connectivity index (χ3v) is 3.50. The molecule has 2 N–H and O–H groups in total. The number of rotatable bonds is 2. The van der Waals surface area contributed by atoms with Crippen LogP contribution in [-0.4, -0.2) is 46.1 Å². The lowest BCUT2D eigenvalue weighted by Crippen LogP contribution is -2.55. The van der Waals surface area contributed by atoms with Gasteiger partial charge in [-0.3, -0.25) is 0 Å². The molecule has 6 nitrogen and oxygen atoms in total. The minimum Gasteiger partial charge on any atom is -0.380 e. The summed E-state index contributed by atoms with van der Waals surface area (Å²) in [6.07, 6.45) is -5.72. The van der Waals surface area contributed by atoms with Crippen molar-refractivity contribution < 1.29 is 27.6 Å². The molecule has 2 amide bonds. The fourth-order valence-electron chi connectivity index (χ4n) is 2.14. The molecule has 2 heterocycles. The molecule has 9 heteroatoms. The number of likely N-dealkylation sites (tertiary alicyclic amines) is 1. The summed E-state index contributed by atoms with van der Waals surface area (Å²) in [5.41, 5.74) is -2.03. The van der Waals surface area contributed by atoms with Crippen molar-refractivity contribution >= 4 is 6.03 Å². The van der Waals surface area contributed by atoms with Crippen LogP contribution in [0.1, 0.15) is 24.3 Å². The SMILES string of the molecule is Cc1cc(CNC(=O)N2CCC(O)(C(F)(F)F)CC2)on1. The summed E-state index contributed by atoms with van der Waals surface area (Å²) < 4.78 is 42.8. The van der Waals surface area contributed by atoms with Gasteiger partial charge in [0, 0.05) is 32.0 Å². The molecule has 1 saturated heterocycles. The monoisotopic (exact) mass is 307 g/mol. The van der Waals surface area contributed by atoms with Crippen LogP contribution in [0, 0.1) is 6.92 Å². The maximum absolute atomic E-state index is 12.6. The summed E-state index contributed by atoms with van der Waals surface area (Å²) in [5, 5.41) is 15.7. The van der Waals surface area contributed by atoms with E-state index in [9.17, 15) is 23.1 Å². The average Bonchev–Trinajstić information content (AvgIpc) is 2.81. The average molecular weight is 307 g/mol. The quantitative estimate of drug-likeness (QED) is 0.869. The summed E-state index contributed by atoms with van der Waals surface area (Å²) >= 11 is 0. The van der Waals surface area contributed by atoms with E-state index in [1.807, 2.05) is 0 Å². The number of nitrogens with zero attached hydrogens (tertiary/aromatic N) is 2. The molecule has 0 atom stereocenters. The van der Waals surface area contributed by atoms with E-state index < -0.39 is 30.7 Å². The Bertz CT molecular complexity index is 507. The van der Waals surface area contributed by atoms with Crippen LogP contribution in [0.4, 0.5) is 18.0 Å². The summed E-state index contributed by atoms with van der Waals surface area (Å²) in [7, 11) is 0. The Morgan fingerprint density at radius 3 is 2.62 bits per heavy atom. The number of halogens is 3. The molecule has 0 radical (unpaired) electrons. The molecule has 118 valence electrons. The highest BCUT2D eigenvalue weighted by Crippen LogP contribution is 2.38. The van der Waals surface area contributed by atoms with Crippen molar-refractivity contribution in [2.75, 3.05) is 13.1 Å². The van der Waals surface area contributed by atoms with E-state index in [1.165, 1.54) is 4.90 Å². The number of carbonyl (C=O) groups excluding carboxylic acids is 1. The van der Waals surface area contributed by atoms with Crippen molar-refractivity contribution in [1.82, 2.24) is 15.4 Å². The number of amides is 2. The number of piperidine rings is 1. The van der Waals surface area contributed by atoms with E-state index in [1.54, 1.807) is 13.0 Å². The summed E-state index contributed by atoms with van der Waals surface area (Å²) in [6, 6.07) is 1.16. The molecule has 0 saturated carbocycles. The Hall–Kier alpha value is -1.77. The van der Waals surface area contributed by atoms with E-state index in [4.69, 9.17) is 4.52 Å². The van der Waals surface area contributed by atoms with Crippen LogP contribution in [0.15, 0.2) is 10.6 Å². The number of aryl methyl sites for hydroxylation is 1. The topological polar surface area (TPSA) is 78.6 Å².